The average Bonchev–Trinajstić information content (AvgIpc) is 2.97. The van der Waals surface area contributed by atoms with Gasteiger partial charge < -0.3 is 4.57 Å². The maximum atomic E-state index is 5.85. The third-order valence-corrected chi connectivity index (χ3v) is 5.29. The summed E-state index contributed by atoms with van der Waals surface area (Å²) < 4.78 is 3.06. The van der Waals surface area contributed by atoms with E-state index in [2.05, 4.69) is 73.6 Å². The van der Waals surface area contributed by atoms with Gasteiger partial charge in [-0.2, -0.15) is 0 Å². The molecule has 3 aromatic rings. The number of aromatic nitrogens is 1. The molecule has 0 aliphatic carbocycles. The predicted octanol–water partition coefficient (Wildman–Crippen LogP) is 6.35. The first-order valence-electron chi connectivity index (χ1n) is 7.88. The summed E-state index contributed by atoms with van der Waals surface area (Å²) in [6.45, 7) is 4.52. The fourth-order valence-electron chi connectivity index (χ4n) is 2.86. The molecule has 23 heavy (non-hydrogen) atoms. The van der Waals surface area contributed by atoms with Gasteiger partial charge in [0.15, 0.2) is 0 Å². The molecule has 3 rings (SSSR count). The van der Waals surface area contributed by atoms with Gasteiger partial charge in [-0.15, -0.1) is 11.3 Å². The molecule has 0 spiro atoms. The fourth-order valence-corrected chi connectivity index (χ4v) is 4.21. The molecule has 0 aliphatic rings. The number of hydrogen-bond acceptors (Lipinski definition) is 2. The Morgan fingerprint density at radius 3 is 2.43 bits per heavy atom. The van der Waals surface area contributed by atoms with Crippen LogP contribution < -0.4 is 0 Å². The van der Waals surface area contributed by atoms with Crippen molar-refractivity contribution < 1.29 is 0 Å². The van der Waals surface area contributed by atoms with Gasteiger partial charge in [0.1, 0.15) is 0 Å². The second kappa shape index (κ2) is 6.81. The smallest absolute Gasteiger partial charge is 0.0571 e. The molecule has 0 atom stereocenters. The zero-order chi connectivity index (χ0) is 16.4. The van der Waals surface area contributed by atoms with Crippen LogP contribution in [0.5, 0.6) is 0 Å². The number of nitrogens with zero attached hydrogens (tertiary/aromatic N) is 1. The molecule has 0 saturated carbocycles. The first-order chi connectivity index (χ1) is 11.1. The van der Waals surface area contributed by atoms with Crippen molar-refractivity contribution in [2.75, 3.05) is 0 Å². The number of benzene rings is 1. The van der Waals surface area contributed by atoms with E-state index in [1.807, 2.05) is 6.07 Å². The summed E-state index contributed by atoms with van der Waals surface area (Å²) in [5.74, 6) is 0.642. The molecule has 1 nitrogen and oxygen atoms in total. The highest BCUT2D eigenvalue weighted by molar-refractivity contribution is 7.71. The van der Waals surface area contributed by atoms with Crippen LogP contribution in [0, 0.1) is 10.4 Å². The lowest BCUT2D eigenvalue weighted by Gasteiger charge is -2.12. The van der Waals surface area contributed by atoms with Crippen LogP contribution in [-0.2, 0) is 13.5 Å². The van der Waals surface area contributed by atoms with Crippen LogP contribution in [-0.4, -0.2) is 4.57 Å². The Kier molecular flexibility index (Phi) is 4.79. The minimum atomic E-state index is 0.642. The summed E-state index contributed by atoms with van der Waals surface area (Å²) >= 11 is 7.64. The summed E-state index contributed by atoms with van der Waals surface area (Å²) in [4.78, 5) is 1.32. The summed E-state index contributed by atoms with van der Waals surface area (Å²) in [6.07, 6.45) is 5.37. The van der Waals surface area contributed by atoms with Gasteiger partial charge in [0, 0.05) is 35.4 Å². The van der Waals surface area contributed by atoms with E-state index >= 15 is 0 Å². The highest BCUT2D eigenvalue weighted by Crippen LogP contribution is 2.35. The van der Waals surface area contributed by atoms with Crippen molar-refractivity contribution >= 4 is 23.6 Å². The molecule has 2 aromatic heterocycles. The molecule has 1 aromatic carbocycles. The minimum Gasteiger partial charge on any atom is -0.356 e. The first-order valence-corrected chi connectivity index (χ1v) is 9.17. The van der Waals surface area contributed by atoms with Crippen molar-refractivity contribution in [1.82, 2.24) is 4.57 Å². The molecular formula is C20H21NS2. The topological polar surface area (TPSA) is 4.93 Å². The van der Waals surface area contributed by atoms with E-state index in [0.717, 1.165) is 16.5 Å². The molecule has 0 fully saturated rings. The Balaban J connectivity index is 2.17. The summed E-state index contributed by atoms with van der Waals surface area (Å²) in [7, 11) is 2.07. The summed E-state index contributed by atoms with van der Waals surface area (Å²) in [5.41, 5.74) is 4.89. The van der Waals surface area contributed by atoms with Gasteiger partial charge in [-0.25, -0.2) is 0 Å². The van der Waals surface area contributed by atoms with Gasteiger partial charge in [0.25, 0.3) is 0 Å². The number of pyridine rings is 1. The van der Waals surface area contributed by atoms with Crippen LogP contribution in [0.3, 0.4) is 0 Å². The van der Waals surface area contributed by atoms with Crippen LogP contribution in [0.2, 0.25) is 0 Å². The lowest BCUT2D eigenvalue weighted by Crippen LogP contribution is -1.97. The molecule has 3 heteroatoms. The lowest BCUT2D eigenvalue weighted by molar-refractivity contribution is 0.649. The summed E-state index contributed by atoms with van der Waals surface area (Å²) in [6, 6.07) is 12.6. The van der Waals surface area contributed by atoms with Crippen molar-refractivity contribution in [2.24, 2.45) is 13.0 Å². The first kappa shape index (κ1) is 16.2. The van der Waals surface area contributed by atoms with Gasteiger partial charge in [0.05, 0.1) is 4.51 Å². The van der Waals surface area contributed by atoms with Crippen molar-refractivity contribution in [3.05, 3.63) is 64.2 Å². The molecule has 0 unspecified atom stereocenters. The van der Waals surface area contributed by atoms with Gasteiger partial charge in [-0.3, -0.25) is 0 Å². The van der Waals surface area contributed by atoms with Crippen molar-refractivity contribution in [2.45, 2.75) is 20.3 Å². The van der Waals surface area contributed by atoms with Gasteiger partial charge in [0.2, 0.25) is 0 Å². The molecule has 118 valence electrons. The summed E-state index contributed by atoms with van der Waals surface area (Å²) in [5, 5.41) is 2.18. The zero-order valence-corrected chi connectivity index (χ0v) is 15.4. The lowest BCUT2D eigenvalue weighted by atomic mass is 9.99. The van der Waals surface area contributed by atoms with E-state index in [4.69, 9.17) is 12.2 Å². The van der Waals surface area contributed by atoms with Crippen LogP contribution in [0.4, 0.5) is 0 Å². The fraction of sp³-hybridized carbons (Fsp3) is 0.250. The second-order valence-electron chi connectivity index (χ2n) is 6.32. The van der Waals surface area contributed by atoms with Crippen LogP contribution in [0.25, 0.3) is 21.6 Å². The number of thiophene rings is 1. The maximum absolute atomic E-state index is 5.85. The highest BCUT2D eigenvalue weighted by atomic mass is 32.1. The zero-order valence-electron chi connectivity index (χ0n) is 13.7. The van der Waals surface area contributed by atoms with E-state index in [9.17, 15) is 0 Å². The second-order valence-corrected chi connectivity index (χ2v) is 7.64. The largest absolute Gasteiger partial charge is 0.356 e. The highest BCUT2D eigenvalue weighted by Gasteiger charge is 2.13. The third-order valence-electron chi connectivity index (χ3n) is 3.86. The van der Waals surface area contributed by atoms with E-state index in [1.54, 1.807) is 11.3 Å². The van der Waals surface area contributed by atoms with Gasteiger partial charge in [-0.05, 0) is 34.9 Å². The normalized spacial score (nSPS) is 11.1. The Labute approximate surface area is 147 Å². The van der Waals surface area contributed by atoms with Crippen LogP contribution >= 0.6 is 23.6 Å². The molecule has 0 amide bonds. The van der Waals surface area contributed by atoms with E-state index in [1.165, 1.54) is 21.6 Å². The molecule has 0 bridgehead atoms. The minimum absolute atomic E-state index is 0.642. The molecule has 2 heterocycles. The molecule has 0 saturated heterocycles. The number of rotatable bonds is 4. The van der Waals surface area contributed by atoms with Gasteiger partial charge >= 0.3 is 0 Å². The SMILES string of the molecule is CC(C)Cc1ccsc1-c1cn(C)cc(-c2ccccc2)c1=S. The third kappa shape index (κ3) is 3.46. The Hall–Kier alpha value is -1.71. The molecule has 0 radical (unpaired) electrons. The van der Waals surface area contributed by atoms with Gasteiger partial charge in [-0.1, -0.05) is 56.4 Å². The van der Waals surface area contributed by atoms with Crippen molar-refractivity contribution in [3.63, 3.8) is 0 Å². The quantitative estimate of drug-likeness (QED) is 0.501. The van der Waals surface area contributed by atoms with E-state index < -0.39 is 0 Å². The Morgan fingerprint density at radius 1 is 1.04 bits per heavy atom. The predicted molar refractivity (Wildman–Crippen MR) is 104 cm³/mol. The van der Waals surface area contributed by atoms with E-state index in [-0.39, 0.29) is 0 Å². The van der Waals surface area contributed by atoms with Crippen LogP contribution in [0.15, 0.2) is 54.2 Å². The van der Waals surface area contributed by atoms with Crippen LogP contribution in [0.1, 0.15) is 19.4 Å². The van der Waals surface area contributed by atoms with E-state index in [0.29, 0.717) is 5.92 Å². The average molecular weight is 340 g/mol. The number of hydrogen-bond donors (Lipinski definition) is 0. The monoisotopic (exact) mass is 339 g/mol. The molecular weight excluding hydrogens is 318 g/mol. The maximum Gasteiger partial charge on any atom is 0.0571 e. The Bertz CT molecular complexity index is 857. The molecule has 0 aliphatic heterocycles. The number of aryl methyl sites for hydroxylation is 1. The standard InChI is InChI=1S/C20H21NS2/c1-14(2)11-16-9-10-23-20(16)18-13-21(3)12-17(19(18)22)15-7-5-4-6-8-15/h4-10,12-14H,11H2,1-3H3. The van der Waals surface area contributed by atoms with Crippen molar-refractivity contribution in [1.29, 1.82) is 0 Å². The van der Waals surface area contributed by atoms with Crippen molar-refractivity contribution in [3.8, 4) is 21.6 Å². The Morgan fingerprint density at radius 2 is 1.74 bits per heavy atom. The molecule has 0 N–H and O–H groups in total.